The van der Waals surface area contributed by atoms with Crippen molar-refractivity contribution in [1.82, 2.24) is 0 Å². The molecule has 0 N–H and O–H groups in total. The molecule has 0 saturated carbocycles. The van der Waals surface area contributed by atoms with Gasteiger partial charge >= 0.3 is 0 Å². The number of ketones is 1. The topological polar surface area (TPSA) is 17.1 Å². The first-order valence-corrected chi connectivity index (χ1v) is 10.3. The summed E-state index contributed by atoms with van der Waals surface area (Å²) in [4.78, 5) is 12.4. The van der Waals surface area contributed by atoms with E-state index in [0.29, 0.717) is 6.42 Å². The minimum Gasteiger partial charge on any atom is -0.294 e. The molecule has 2 aromatic rings. The van der Waals surface area contributed by atoms with Crippen molar-refractivity contribution >= 4 is 21.7 Å². The lowest BCUT2D eigenvalue weighted by atomic mass is 10.00. The Morgan fingerprint density at radius 2 is 1.32 bits per heavy atom. The first-order chi connectivity index (χ1) is 12.2. The van der Waals surface area contributed by atoms with Gasteiger partial charge in [0.1, 0.15) is 0 Å². The highest BCUT2D eigenvalue weighted by molar-refractivity contribution is 9.10. The van der Waals surface area contributed by atoms with Crippen molar-refractivity contribution in [2.45, 2.75) is 64.7 Å². The SMILES string of the molecule is CCCCCCCCCc1ccc(C(=O)Cc2ccc(Br)cc2)cc1. The molecule has 0 amide bonds. The summed E-state index contributed by atoms with van der Waals surface area (Å²) in [6.45, 7) is 2.26. The second-order valence-corrected chi connectivity index (χ2v) is 7.71. The molecule has 0 aliphatic carbocycles. The predicted octanol–water partition coefficient (Wildman–Crippen LogP) is 7.17. The summed E-state index contributed by atoms with van der Waals surface area (Å²) >= 11 is 3.42. The largest absolute Gasteiger partial charge is 0.294 e. The number of aryl methyl sites for hydroxylation is 1. The molecule has 0 radical (unpaired) electrons. The highest BCUT2D eigenvalue weighted by Gasteiger charge is 2.07. The zero-order chi connectivity index (χ0) is 17.9. The molecule has 0 spiro atoms. The van der Waals surface area contributed by atoms with Crippen LogP contribution in [0.2, 0.25) is 0 Å². The van der Waals surface area contributed by atoms with Crippen LogP contribution in [0.3, 0.4) is 0 Å². The number of carbonyl (C=O) groups is 1. The van der Waals surface area contributed by atoms with Gasteiger partial charge in [0.25, 0.3) is 0 Å². The number of rotatable bonds is 11. The third kappa shape index (κ3) is 7.56. The van der Waals surface area contributed by atoms with E-state index in [4.69, 9.17) is 0 Å². The van der Waals surface area contributed by atoms with Crippen LogP contribution in [0.4, 0.5) is 0 Å². The molecule has 2 aromatic carbocycles. The molecular weight excluding hydrogens is 372 g/mol. The monoisotopic (exact) mass is 400 g/mol. The fraction of sp³-hybridized carbons (Fsp3) is 0.435. The van der Waals surface area contributed by atoms with E-state index in [9.17, 15) is 4.79 Å². The van der Waals surface area contributed by atoms with Crippen molar-refractivity contribution in [1.29, 1.82) is 0 Å². The van der Waals surface area contributed by atoms with Crippen molar-refractivity contribution in [3.05, 3.63) is 69.7 Å². The van der Waals surface area contributed by atoms with Crippen LogP contribution in [0.15, 0.2) is 53.0 Å². The summed E-state index contributed by atoms with van der Waals surface area (Å²) in [6.07, 6.45) is 10.9. The second kappa shape index (κ2) is 11.3. The number of hydrogen-bond donors (Lipinski definition) is 0. The molecule has 0 bridgehead atoms. The van der Waals surface area contributed by atoms with Crippen LogP contribution in [0.25, 0.3) is 0 Å². The molecule has 0 unspecified atom stereocenters. The van der Waals surface area contributed by atoms with Gasteiger partial charge in [-0.05, 0) is 36.1 Å². The molecule has 0 aromatic heterocycles. The van der Waals surface area contributed by atoms with E-state index in [1.807, 2.05) is 36.4 Å². The molecule has 134 valence electrons. The van der Waals surface area contributed by atoms with Gasteiger partial charge in [-0.25, -0.2) is 0 Å². The first-order valence-electron chi connectivity index (χ1n) is 9.55. The van der Waals surface area contributed by atoms with Crippen LogP contribution in [-0.2, 0) is 12.8 Å². The lowest BCUT2D eigenvalue weighted by Gasteiger charge is -2.05. The van der Waals surface area contributed by atoms with E-state index >= 15 is 0 Å². The van der Waals surface area contributed by atoms with Crippen LogP contribution in [-0.4, -0.2) is 5.78 Å². The zero-order valence-corrected chi connectivity index (χ0v) is 16.9. The van der Waals surface area contributed by atoms with Gasteiger partial charge in [-0.15, -0.1) is 0 Å². The molecule has 0 heterocycles. The number of Topliss-reactive ketones (excluding diaryl/α,β-unsaturated/α-hetero) is 1. The fourth-order valence-electron chi connectivity index (χ4n) is 3.03. The maximum atomic E-state index is 12.4. The number of hydrogen-bond acceptors (Lipinski definition) is 1. The summed E-state index contributed by atoms with van der Waals surface area (Å²) in [5.41, 5.74) is 3.21. The van der Waals surface area contributed by atoms with Crippen LogP contribution < -0.4 is 0 Å². The van der Waals surface area contributed by atoms with Gasteiger partial charge in [0.05, 0.1) is 0 Å². The molecule has 2 rings (SSSR count). The van der Waals surface area contributed by atoms with E-state index in [-0.39, 0.29) is 5.78 Å². The van der Waals surface area contributed by atoms with Gasteiger partial charge in [0.2, 0.25) is 0 Å². The normalized spacial score (nSPS) is 10.8. The minimum atomic E-state index is 0.185. The Labute approximate surface area is 161 Å². The molecular formula is C23H29BrO. The third-order valence-corrected chi connectivity index (χ3v) is 5.15. The van der Waals surface area contributed by atoms with Gasteiger partial charge in [-0.2, -0.15) is 0 Å². The van der Waals surface area contributed by atoms with Crippen molar-refractivity contribution in [2.75, 3.05) is 0 Å². The molecule has 0 aliphatic rings. The van der Waals surface area contributed by atoms with E-state index in [1.54, 1.807) is 0 Å². The lowest BCUT2D eigenvalue weighted by Crippen LogP contribution is -2.03. The summed E-state index contributed by atoms with van der Waals surface area (Å²) in [6, 6.07) is 16.2. The molecule has 0 aliphatic heterocycles. The van der Waals surface area contributed by atoms with Gasteiger partial charge in [-0.3, -0.25) is 4.79 Å². The molecule has 0 saturated heterocycles. The van der Waals surface area contributed by atoms with E-state index in [2.05, 4.69) is 35.0 Å². The Hall–Kier alpha value is -1.41. The van der Waals surface area contributed by atoms with Gasteiger partial charge < -0.3 is 0 Å². The van der Waals surface area contributed by atoms with Crippen LogP contribution >= 0.6 is 15.9 Å². The Morgan fingerprint density at radius 3 is 1.96 bits per heavy atom. The summed E-state index contributed by atoms with van der Waals surface area (Å²) in [5, 5.41) is 0. The van der Waals surface area contributed by atoms with Gasteiger partial charge in [0, 0.05) is 16.5 Å². The summed E-state index contributed by atoms with van der Waals surface area (Å²) in [5.74, 6) is 0.185. The quantitative estimate of drug-likeness (QED) is 0.288. The second-order valence-electron chi connectivity index (χ2n) is 6.79. The summed E-state index contributed by atoms with van der Waals surface area (Å²) in [7, 11) is 0. The minimum absolute atomic E-state index is 0.185. The Kier molecular flexibility index (Phi) is 8.96. The summed E-state index contributed by atoms with van der Waals surface area (Å²) < 4.78 is 1.04. The van der Waals surface area contributed by atoms with Crippen molar-refractivity contribution in [3.63, 3.8) is 0 Å². The van der Waals surface area contributed by atoms with E-state index in [0.717, 1.165) is 22.0 Å². The van der Waals surface area contributed by atoms with Crippen LogP contribution in [0.1, 0.15) is 73.4 Å². The Balaban J connectivity index is 1.73. The standard InChI is InChI=1S/C23H29BrO/c1-2-3-4-5-6-7-8-9-19-10-14-21(15-11-19)23(25)18-20-12-16-22(24)17-13-20/h10-17H,2-9,18H2,1H3. The number of halogens is 1. The average molecular weight is 401 g/mol. The predicted molar refractivity (Wildman–Crippen MR) is 110 cm³/mol. The smallest absolute Gasteiger partial charge is 0.167 e. The molecule has 1 nitrogen and oxygen atoms in total. The van der Waals surface area contributed by atoms with Crippen molar-refractivity contribution in [3.8, 4) is 0 Å². The van der Waals surface area contributed by atoms with E-state index < -0.39 is 0 Å². The highest BCUT2D eigenvalue weighted by atomic mass is 79.9. The molecule has 25 heavy (non-hydrogen) atoms. The van der Waals surface area contributed by atoms with Crippen molar-refractivity contribution < 1.29 is 4.79 Å². The molecule has 2 heteroatoms. The van der Waals surface area contributed by atoms with Gasteiger partial charge in [0.15, 0.2) is 5.78 Å². The van der Waals surface area contributed by atoms with Crippen LogP contribution in [0.5, 0.6) is 0 Å². The molecule has 0 atom stereocenters. The van der Waals surface area contributed by atoms with Crippen molar-refractivity contribution in [2.24, 2.45) is 0 Å². The number of carbonyl (C=O) groups excluding carboxylic acids is 1. The lowest BCUT2D eigenvalue weighted by molar-refractivity contribution is 0.0993. The maximum Gasteiger partial charge on any atom is 0.167 e. The van der Waals surface area contributed by atoms with Crippen LogP contribution in [0, 0.1) is 0 Å². The average Bonchev–Trinajstić information content (AvgIpc) is 2.63. The Morgan fingerprint density at radius 1 is 0.760 bits per heavy atom. The zero-order valence-electron chi connectivity index (χ0n) is 15.3. The first kappa shape index (κ1) is 19.9. The molecule has 0 fully saturated rings. The Bertz CT molecular complexity index is 628. The highest BCUT2D eigenvalue weighted by Crippen LogP contribution is 2.15. The maximum absolute atomic E-state index is 12.4. The van der Waals surface area contributed by atoms with E-state index in [1.165, 1.54) is 50.5 Å². The third-order valence-electron chi connectivity index (χ3n) is 4.62. The van der Waals surface area contributed by atoms with Gasteiger partial charge in [-0.1, -0.05) is 97.8 Å². The number of unbranched alkanes of at least 4 members (excludes halogenated alkanes) is 6. The fourth-order valence-corrected chi connectivity index (χ4v) is 3.30. The number of benzene rings is 2.